The number of rotatable bonds is 2. The molecule has 78 valence electrons. The van der Waals surface area contributed by atoms with Gasteiger partial charge in [0.1, 0.15) is 6.33 Å². The minimum Gasteiger partial charge on any atom is -0.303 e. The van der Waals surface area contributed by atoms with Crippen LogP contribution < -0.4 is 5.32 Å². The van der Waals surface area contributed by atoms with Gasteiger partial charge in [-0.1, -0.05) is 0 Å². The van der Waals surface area contributed by atoms with Crippen LogP contribution in [0.4, 0.5) is 5.95 Å². The second-order valence-electron chi connectivity index (χ2n) is 3.03. The molecule has 0 fully saturated rings. The van der Waals surface area contributed by atoms with Gasteiger partial charge in [-0.05, 0) is 18.5 Å². The first-order valence-corrected chi connectivity index (χ1v) is 5.08. The van der Waals surface area contributed by atoms with E-state index in [1.54, 1.807) is 23.9 Å². The molecule has 1 amide bonds. The number of hydrogen-bond donors (Lipinski definition) is 1. The van der Waals surface area contributed by atoms with E-state index in [1.807, 2.05) is 0 Å². The first kappa shape index (κ1) is 9.78. The monoisotopic (exact) mass is 223 g/mol. The Morgan fingerprint density at radius 1 is 1.60 bits per heavy atom. The minimum atomic E-state index is -0.211. The van der Waals surface area contributed by atoms with Crippen molar-refractivity contribution in [3.05, 3.63) is 23.0 Å². The molecule has 6 nitrogen and oxygen atoms in total. The number of carbonyl (C=O) groups excluding carboxylic acids is 1. The van der Waals surface area contributed by atoms with E-state index < -0.39 is 0 Å². The molecule has 7 heteroatoms. The molecule has 1 N–H and O–H groups in total. The van der Waals surface area contributed by atoms with Crippen LogP contribution in [0.15, 0.2) is 11.7 Å². The van der Waals surface area contributed by atoms with Crippen molar-refractivity contribution in [3.8, 4) is 0 Å². The summed E-state index contributed by atoms with van der Waals surface area (Å²) in [5.74, 6) is 0.211. The summed E-state index contributed by atoms with van der Waals surface area (Å²) < 4.78 is 5.66. The van der Waals surface area contributed by atoms with E-state index in [4.69, 9.17) is 0 Å². The predicted molar refractivity (Wildman–Crippen MR) is 55.8 cm³/mol. The quantitative estimate of drug-likeness (QED) is 0.818. The lowest BCUT2D eigenvalue weighted by molar-refractivity contribution is 0.102. The first-order valence-electron chi connectivity index (χ1n) is 4.25. The third-order valence-electron chi connectivity index (χ3n) is 1.93. The Morgan fingerprint density at radius 3 is 2.93 bits per heavy atom. The number of hydrogen-bond acceptors (Lipinski definition) is 5. The summed E-state index contributed by atoms with van der Waals surface area (Å²) in [4.78, 5) is 11.7. The molecule has 0 saturated heterocycles. The van der Waals surface area contributed by atoms with Crippen molar-refractivity contribution in [1.29, 1.82) is 0 Å². The highest BCUT2D eigenvalue weighted by Crippen LogP contribution is 2.11. The van der Waals surface area contributed by atoms with Gasteiger partial charge in [0.25, 0.3) is 5.91 Å². The van der Waals surface area contributed by atoms with E-state index in [2.05, 4.69) is 19.9 Å². The number of nitrogens with one attached hydrogen (secondary N) is 1. The second-order valence-corrected chi connectivity index (χ2v) is 3.66. The maximum Gasteiger partial charge on any atom is 0.260 e. The Bertz CT molecular complexity index is 489. The van der Waals surface area contributed by atoms with Crippen LogP contribution in [0.1, 0.15) is 16.1 Å². The van der Waals surface area contributed by atoms with Crippen LogP contribution in [0.2, 0.25) is 0 Å². The van der Waals surface area contributed by atoms with Crippen LogP contribution in [0, 0.1) is 6.92 Å². The molecular weight excluding hydrogens is 214 g/mol. The molecule has 0 aromatic carbocycles. The molecule has 2 rings (SSSR count). The van der Waals surface area contributed by atoms with Gasteiger partial charge < -0.3 is 4.57 Å². The summed E-state index contributed by atoms with van der Waals surface area (Å²) in [5, 5.41) is 11.8. The standard InChI is InChI=1S/C8H9N5OS/c1-5-6(3-15-12-5)7(14)10-8-11-9-4-13(8)2/h3-4H,1-2H3,(H,10,11,14). The van der Waals surface area contributed by atoms with Crippen molar-refractivity contribution in [3.63, 3.8) is 0 Å². The average molecular weight is 223 g/mol. The smallest absolute Gasteiger partial charge is 0.260 e. The zero-order valence-corrected chi connectivity index (χ0v) is 9.08. The van der Waals surface area contributed by atoms with E-state index in [9.17, 15) is 4.79 Å². The highest BCUT2D eigenvalue weighted by molar-refractivity contribution is 7.04. The lowest BCUT2D eigenvalue weighted by Crippen LogP contribution is -2.15. The summed E-state index contributed by atoms with van der Waals surface area (Å²) >= 11 is 1.26. The van der Waals surface area contributed by atoms with E-state index in [0.29, 0.717) is 11.5 Å². The van der Waals surface area contributed by atoms with Crippen molar-refractivity contribution in [2.45, 2.75) is 6.92 Å². The van der Waals surface area contributed by atoms with Crippen LogP contribution in [0.25, 0.3) is 0 Å². The Balaban J connectivity index is 2.18. The number of amides is 1. The predicted octanol–water partition coefficient (Wildman–Crippen LogP) is 0.832. The number of carbonyl (C=O) groups is 1. The Hall–Kier alpha value is -1.76. The Morgan fingerprint density at radius 2 is 2.40 bits per heavy atom. The maximum absolute atomic E-state index is 11.7. The second kappa shape index (κ2) is 3.77. The molecule has 2 aromatic rings. The summed E-state index contributed by atoms with van der Waals surface area (Å²) in [5.41, 5.74) is 1.29. The van der Waals surface area contributed by atoms with Gasteiger partial charge in [-0.2, -0.15) is 4.37 Å². The fraction of sp³-hybridized carbons (Fsp3) is 0.250. The number of anilines is 1. The Kier molecular flexibility index (Phi) is 2.46. The van der Waals surface area contributed by atoms with Gasteiger partial charge in [0.15, 0.2) is 0 Å². The van der Waals surface area contributed by atoms with Gasteiger partial charge in [-0.3, -0.25) is 10.1 Å². The summed E-state index contributed by atoms with van der Waals surface area (Å²) in [6.45, 7) is 1.79. The van der Waals surface area contributed by atoms with Crippen LogP contribution in [0.5, 0.6) is 0 Å². The maximum atomic E-state index is 11.7. The fourth-order valence-electron chi connectivity index (χ4n) is 1.08. The van der Waals surface area contributed by atoms with Gasteiger partial charge in [0.2, 0.25) is 5.95 Å². The highest BCUT2D eigenvalue weighted by Gasteiger charge is 2.13. The number of aromatic nitrogens is 4. The lowest BCUT2D eigenvalue weighted by atomic mass is 10.2. The van der Waals surface area contributed by atoms with Crippen LogP contribution in [0.3, 0.4) is 0 Å². The fourth-order valence-corrected chi connectivity index (χ4v) is 1.77. The lowest BCUT2D eigenvalue weighted by Gasteiger charge is -2.01. The van der Waals surface area contributed by atoms with Crippen LogP contribution in [-0.4, -0.2) is 25.0 Å². The van der Waals surface area contributed by atoms with Gasteiger partial charge in [-0.15, -0.1) is 10.2 Å². The van der Waals surface area contributed by atoms with Gasteiger partial charge in [0, 0.05) is 12.4 Å². The highest BCUT2D eigenvalue weighted by atomic mass is 32.1. The molecule has 0 aliphatic carbocycles. The van der Waals surface area contributed by atoms with E-state index in [1.165, 1.54) is 17.9 Å². The Labute approximate surface area is 90.1 Å². The zero-order valence-electron chi connectivity index (χ0n) is 8.26. The van der Waals surface area contributed by atoms with Crippen molar-refractivity contribution in [2.24, 2.45) is 7.05 Å². The van der Waals surface area contributed by atoms with Crippen molar-refractivity contribution >= 4 is 23.4 Å². The first-order chi connectivity index (χ1) is 7.18. The molecule has 0 aliphatic rings. The average Bonchev–Trinajstić information content (AvgIpc) is 2.76. The SMILES string of the molecule is Cc1nscc1C(=O)Nc1nncn1C. The molecule has 0 radical (unpaired) electrons. The molecule has 2 heterocycles. The molecule has 0 atom stereocenters. The molecular formula is C8H9N5OS. The number of aryl methyl sites for hydroxylation is 2. The normalized spacial score (nSPS) is 10.3. The third-order valence-corrected chi connectivity index (χ3v) is 2.65. The summed E-state index contributed by atoms with van der Waals surface area (Å²) in [6.07, 6.45) is 1.52. The van der Waals surface area contributed by atoms with Gasteiger partial charge in [0.05, 0.1) is 11.3 Å². The molecule has 0 bridgehead atoms. The molecule has 0 saturated carbocycles. The third kappa shape index (κ3) is 1.86. The van der Waals surface area contributed by atoms with E-state index in [0.717, 1.165) is 5.69 Å². The van der Waals surface area contributed by atoms with Crippen LogP contribution >= 0.6 is 11.5 Å². The molecule has 15 heavy (non-hydrogen) atoms. The van der Waals surface area contributed by atoms with Crippen molar-refractivity contribution < 1.29 is 4.79 Å². The molecule has 0 aliphatic heterocycles. The zero-order chi connectivity index (χ0) is 10.8. The largest absolute Gasteiger partial charge is 0.303 e. The molecule has 2 aromatic heterocycles. The molecule has 0 spiro atoms. The van der Waals surface area contributed by atoms with Gasteiger partial charge in [-0.25, -0.2) is 0 Å². The van der Waals surface area contributed by atoms with E-state index >= 15 is 0 Å². The topological polar surface area (TPSA) is 72.7 Å². The summed E-state index contributed by atoms with van der Waals surface area (Å²) in [7, 11) is 1.76. The van der Waals surface area contributed by atoms with Crippen LogP contribution in [-0.2, 0) is 7.05 Å². The molecule has 0 unspecified atom stereocenters. The number of nitrogens with zero attached hydrogens (tertiary/aromatic N) is 4. The minimum absolute atomic E-state index is 0.211. The van der Waals surface area contributed by atoms with Crippen molar-refractivity contribution in [2.75, 3.05) is 5.32 Å². The summed E-state index contributed by atoms with van der Waals surface area (Å²) in [6, 6.07) is 0. The van der Waals surface area contributed by atoms with Crippen molar-refractivity contribution in [1.82, 2.24) is 19.1 Å². The van der Waals surface area contributed by atoms with Gasteiger partial charge >= 0.3 is 0 Å². The van der Waals surface area contributed by atoms with E-state index in [-0.39, 0.29) is 5.91 Å².